The van der Waals surface area contributed by atoms with Crippen molar-refractivity contribution in [3.05, 3.63) is 48.5 Å². The maximum atomic E-state index is 12.6. The number of amides is 2. The number of hydrogen-bond donors (Lipinski definition) is 2. The number of anilines is 2. The van der Waals surface area contributed by atoms with Crippen LogP contribution in [0.4, 0.5) is 11.4 Å². The molecule has 2 amide bonds. The fraction of sp³-hybridized carbons (Fsp3) is 0.118. The second-order valence-corrected chi connectivity index (χ2v) is 6.69. The van der Waals surface area contributed by atoms with Crippen LogP contribution in [-0.4, -0.2) is 34.2 Å². The molecule has 0 saturated carbocycles. The van der Waals surface area contributed by atoms with E-state index in [4.69, 9.17) is 4.74 Å². The third-order valence-electron chi connectivity index (χ3n) is 3.63. The van der Waals surface area contributed by atoms with Crippen molar-refractivity contribution in [2.24, 2.45) is 0 Å². The van der Waals surface area contributed by atoms with E-state index in [9.17, 15) is 18.6 Å². The Bertz CT molecular complexity index is 896. The maximum Gasteiger partial charge on any atom is 0.293 e. The Morgan fingerprint density at radius 1 is 1.12 bits per heavy atom. The summed E-state index contributed by atoms with van der Waals surface area (Å²) in [5, 5.41) is 3.31. The smallest absolute Gasteiger partial charge is 0.293 e. The molecule has 0 spiro atoms. The van der Waals surface area contributed by atoms with Gasteiger partial charge in [-0.05, 0) is 24.3 Å². The standard InChI is InChI=1S/C17H14N2O5S/c1-24-12-8-4-2-6-10(12)18-16(21)14(20)15-17(22)19-11-7-3-5-9-13(11)25(15)23/h2-9,15H,1H3,(H,18,21)(H,19,22)/t15-,25+/m1/s1. The lowest BCUT2D eigenvalue weighted by Gasteiger charge is -2.22. The predicted molar refractivity (Wildman–Crippen MR) is 91.9 cm³/mol. The quantitative estimate of drug-likeness (QED) is 0.634. The molecule has 0 bridgehead atoms. The molecule has 0 fully saturated rings. The molecule has 1 aliphatic rings. The van der Waals surface area contributed by atoms with Crippen molar-refractivity contribution in [1.29, 1.82) is 0 Å². The molecule has 3 rings (SSSR count). The number of carbonyl (C=O) groups excluding carboxylic acids is 3. The second-order valence-electron chi connectivity index (χ2n) is 5.18. The van der Waals surface area contributed by atoms with E-state index in [0.29, 0.717) is 16.3 Å². The fourth-order valence-corrected chi connectivity index (χ4v) is 3.79. The molecule has 2 atom stereocenters. The van der Waals surface area contributed by atoms with E-state index >= 15 is 0 Å². The molecule has 128 valence electrons. The third kappa shape index (κ3) is 3.16. The Labute approximate surface area is 145 Å². The van der Waals surface area contributed by atoms with Gasteiger partial charge in [-0.1, -0.05) is 24.3 Å². The van der Waals surface area contributed by atoms with Gasteiger partial charge in [-0.25, -0.2) is 0 Å². The second kappa shape index (κ2) is 6.86. The first-order chi connectivity index (χ1) is 12.0. The summed E-state index contributed by atoms with van der Waals surface area (Å²) >= 11 is 0. The normalized spacial score (nSPS) is 18.7. The monoisotopic (exact) mass is 358 g/mol. The number of benzene rings is 2. The molecule has 8 heteroatoms. The minimum atomic E-state index is -1.95. The Hall–Kier alpha value is -3.00. The third-order valence-corrected chi connectivity index (χ3v) is 5.28. The summed E-state index contributed by atoms with van der Waals surface area (Å²) in [6.45, 7) is 0. The van der Waals surface area contributed by atoms with E-state index in [1.54, 1.807) is 48.5 Å². The lowest BCUT2D eigenvalue weighted by Crippen LogP contribution is -2.46. The number of methoxy groups -OCH3 is 1. The van der Waals surface area contributed by atoms with Gasteiger partial charge in [0, 0.05) is 0 Å². The van der Waals surface area contributed by atoms with Gasteiger partial charge in [-0.15, -0.1) is 0 Å². The summed E-state index contributed by atoms with van der Waals surface area (Å²) in [7, 11) is -0.528. The lowest BCUT2D eigenvalue weighted by atomic mass is 10.2. The van der Waals surface area contributed by atoms with Crippen molar-refractivity contribution in [2.45, 2.75) is 10.1 Å². The summed E-state index contributed by atoms with van der Waals surface area (Å²) < 4.78 is 17.7. The zero-order chi connectivity index (χ0) is 18.0. The lowest BCUT2D eigenvalue weighted by molar-refractivity contribution is -0.136. The largest absolute Gasteiger partial charge is 0.495 e. The molecule has 2 N–H and O–H groups in total. The van der Waals surface area contributed by atoms with Crippen molar-refractivity contribution in [2.75, 3.05) is 17.7 Å². The van der Waals surface area contributed by atoms with Crippen LogP contribution in [0.25, 0.3) is 0 Å². The molecule has 0 unspecified atom stereocenters. The molecular weight excluding hydrogens is 344 g/mol. The van der Waals surface area contributed by atoms with Crippen molar-refractivity contribution in [3.8, 4) is 5.75 Å². The summed E-state index contributed by atoms with van der Waals surface area (Å²) in [5.41, 5.74) is 0.658. The van der Waals surface area contributed by atoms with E-state index in [1.165, 1.54) is 7.11 Å². The zero-order valence-corrected chi connectivity index (χ0v) is 14.0. The van der Waals surface area contributed by atoms with Crippen LogP contribution in [0.15, 0.2) is 53.4 Å². The predicted octanol–water partition coefficient (Wildman–Crippen LogP) is 1.33. The Morgan fingerprint density at radius 2 is 1.80 bits per heavy atom. The molecule has 0 aliphatic carbocycles. The molecule has 0 aromatic heterocycles. The number of hydrogen-bond acceptors (Lipinski definition) is 5. The van der Waals surface area contributed by atoms with Crippen LogP contribution in [0.2, 0.25) is 0 Å². The van der Waals surface area contributed by atoms with Gasteiger partial charge in [0.25, 0.3) is 5.91 Å². The summed E-state index contributed by atoms with van der Waals surface area (Å²) in [6, 6.07) is 13.0. The number of fused-ring (bicyclic) bond motifs is 1. The van der Waals surface area contributed by atoms with Crippen LogP contribution < -0.4 is 15.4 Å². The Balaban J connectivity index is 1.84. The number of nitrogens with one attached hydrogen (secondary N) is 2. The van der Waals surface area contributed by atoms with Gasteiger partial charge >= 0.3 is 0 Å². The van der Waals surface area contributed by atoms with Crippen molar-refractivity contribution in [1.82, 2.24) is 0 Å². The summed E-state index contributed by atoms with van der Waals surface area (Å²) in [6.07, 6.45) is 0. The highest BCUT2D eigenvalue weighted by Crippen LogP contribution is 2.28. The molecule has 2 aromatic carbocycles. The molecule has 1 heterocycles. The highest BCUT2D eigenvalue weighted by molar-refractivity contribution is 7.87. The fourth-order valence-electron chi connectivity index (χ4n) is 2.43. The van der Waals surface area contributed by atoms with Gasteiger partial charge in [0.2, 0.25) is 11.7 Å². The first kappa shape index (κ1) is 16.8. The van der Waals surface area contributed by atoms with E-state index < -0.39 is 33.6 Å². The number of ether oxygens (including phenoxy) is 1. The van der Waals surface area contributed by atoms with Gasteiger partial charge in [-0.3, -0.25) is 18.6 Å². The summed E-state index contributed by atoms with van der Waals surface area (Å²) in [4.78, 5) is 37.1. The number of rotatable bonds is 4. The van der Waals surface area contributed by atoms with Crippen LogP contribution in [0.5, 0.6) is 5.75 Å². The minimum Gasteiger partial charge on any atom is -0.495 e. The molecule has 25 heavy (non-hydrogen) atoms. The first-order valence-corrected chi connectivity index (χ1v) is 8.53. The average Bonchev–Trinajstić information content (AvgIpc) is 2.62. The van der Waals surface area contributed by atoms with Crippen LogP contribution >= 0.6 is 0 Å². The van der Waals surface area contributed by atoms with Crippen molar-refractivity contribution >= 4 is 39.8 Å². The van der Waals surface area contributed by atoms with Crippen molar-refractivity contribution < 1.29 is 23.3 Å². The Morgan fingerprint density at radius 3 is 2.56 bits per heavy atom. The van der Waals surface area contributed by atoms with Gasteiger partial charge in [-0.2, -0.15) is 0 Å². The average molecular weight is 358 g/mol. The van der Waals surface area contributed by atoms with Crippen LogP contribution in [-0.2, 0) is 25.2 Å². The number of Topliss-reactive ketones (excluding diaryl/α,β-unsaturated/α-hetero) is 1. The van der Waals surface area contributed by atoms with Crippen LogP contribution in [0.3, 0.4) is 0 Å². The van der Waals surface area contributed by atoms with Gasteiger partial charge < -0.3 is 15.4 Å². The minimum absolute atomic E-state index is 0.283. The summed E-state index contributed by atoms with van der Waals surface area (Å²) in [5.74, 6) is -2.51. The van der Waals surface area contributed by atoms with E-state index in [-0.39, 0.29) is 5.69 Å². The number of ketones is 1. The highest BCUT2D eigenvalue weighted by atomic mass is 32.2. The first-order valence-electron chi connectivity index (χ1n) is 7.31. The molecule has 7 nitrogen and oxygen atoms in total. The maximum absolute atomic E-state index is 12.6. The van der Waals surface area contributed by atoms with Gasteiger partial charge in [0.05, 0.1) is 34.2 Å². The molecule has 0 saturated heterocycles. The molecule has 1 aliphatic heterocycles. The van der Waals surface area contributed by atoms with E-state index in [0.717, 1.165) is 0 Å². The number of carbonyl (C=O) groups is 3. The molecular formula is C17H14N2O5S. The van der Waals surface area contributed by atoms with E-state index in [2.05, 4.69) is 10.6 Å². The SMILES string of the molecule is COc1ccccc1NC(=O)C(=O)[C@@H]1C(=O)Nc2ccccc2[S@@]1=O. The molecule has 2 aromatic rings. The van der Waals surface area contributed by atoms with Gasteiger partial charge in [0.15, 0.2) is 5.25 Å². The van der Waals surface area contributed by atoms with Crippen LogP contribution in [0.1, 0.15) is 0 Å². The van der Waals surface area contributed by atoms with E-state index in [1.807, 2.05) is 0 Å². The Kier molecular flexibility index (Phi) is 4.62. The van der Waals surface area contributed by atoms with Crippen molar-refractivity contribution in [3.63, 3.8) is 0 Å². The van der Waals surface area contributed by atoms with Crippen LogP contribution in [0, 0.1) is 0 Å². The molecule has 0 radical (unpaired) electrons. The highest BCUT2D eigenvalue weighted by Gasteiger charge is 2.41. The van der Waals surface area contributed by atoms with Gasteiger partial charge in [0.1, 0.15) is 5.75 Å². The number of para-hydroxylation sites is 3. The zero-order valence-electron chi connectivity index (χ0n) is 13.1. The topological polar surface area (TPSA) is 102 Å².